The second-order valence-electron chi connectivity index (χ2n) is 8.18. The van der Waals surface area contributed by atoms with E-state index in [0.717, 1.165) is 62.2 Å². The maximum atomic E-state index is 5.80. The Kier molecular flexibility index (Phi) is 9.62. The number of fused-ring (bicyclic) bond motifs is 1. The number of hydrogen-bond donors (Lipinski definition) is 1. The first kappa shape index (κ1) is 24.3. The van der Waals surface area contributed by atoms with Gasteiger partial charge in [-0.3, -0.25) is 0 Å². The van der Waals surface area contributed by atoms with Crippen molar-refractivity contribution in [2.75, 3.05) is 50.2 Å². The van der Waals surface area contributed by atoms with E-state index >= 15 is 0 Å². The average molecular weight is 456 g/mol. The Morgan fingerprint density at radius 3 is 2.69 bits per heavy atom. The molecule has 2 aromatic carbocycles. The van der Waals surface area contributed by atoms with Crippen LogP contribution in [0.4, 0.5) is 11.4 Å². The Morgan fingerprint density at radius 2 is 1.97 bits per heavy atom. The largest absolute Gasteiger partial charge is 0.497 e. The fraction of sp³-hybridized carbons (Fsp3) is 0.500. The van der Waals surface area contributed by atoms with Crippen molar-refractivity contribution in [3.63, 3.8) is 0 Å². The zero-order valence-electron chi connectivity index (χ0n) is 19.7. The lowest BCUT2D eigenvalue weighted by Gasteiger charge is -2.32. The summed E-state index contributed by atoms with van der Waals surface area (Å²) in [4.78, 5) is 4.77. The maximum Gasteiger partial charge on any atom is 0.173 e. The molecule has 0 aromatic heterocycles. The van der Waals surface area contributed by atoms with Crippen molar-refractivity contribution in [2.45, 2.75) is 46.1 Å². The number of rotatable bonds is 11. The van der Waals surface area contributed by atoms with Crippen LogP contribution in [0.5, 0.6) is 5.75 Å². The van der Waals surface area contributed by atoms with E-state index in [-0.39, 0.29) is 0 Å². The SMILES string of the molecule is CCCN1CCCc2cc(CN(CCCOCC)C(=S)Nc3ccc(OC)cc3)ccc21. The average Bonchev–Trinajstić information content (AvgIpc) is 2.81. The van der Waals surface area contributed by atoms with Gasteiger partial charge in [-0.05, 0) is 86.3 Å². The van der Waals surface area contributed by atoms with Crippen molar-refractivity contribution < 1.29 is 9.47 Å². The van der Waals surface area contributed by atoms with Crippen LogP contribution in [-0.2, 0) is 17.7 Å². The Hall–Kier alpha value is -2.31. The molecule has 0 radical (unpaired) electrons. The van der Waals surface area contributed by atoms with Gasteiger partial charge in [-0.2, -0.15) is 0 Å². The predicted octanol–water partition coefficient (Wildman–Crippen LogP) is 5.48. The molecule has 1 heterocycles. The lowest BCUT2D eigenvalue weighted by molar-refractivity contribution is 0.139. The zero-order valence-corrected chi connectivity index (χ0v) is 20.5. The molecule has 1 N–H and O–H groups in total. The molecule has 0 aliphatic carbocycles. The van der Waals surface area contributed by atoms with Crippen LogP contribution in [0.2, 0.25) is 0 Å². The summed E-state index contributed by atoms with van der Waals surface area (Å²) in [6.45, 7) is 9.70. The van der Waals surface area contributed by atoms with Crippen LogP contribution < -0.4 is 15.0 Å². The van der Waals surface area contributed by atoms with Crippen LogP contribution in [0.1, 0.15) is 44.2 Å². The van der Waals surface area contributed by atoms with Gasteiger partial charge in [-0.1, -0.05) is 19.1 Å². The molecule has 3 rings (SSSR count). The van der Waals surface area contributed by atoms with Gasteiger partial charge in [0.15, 0.2) is 5.11 Å². The highest BCUT2D eigenvalue weighted by molar-refractivity contribution is 7.80. The molecular formula is C26H37N3O2S. The van der Waals surface area contributed by atoms with Crippen molar-refractivity contribution in [2.24, 2.45) is 0 Å². The molecule has 2 aromatic rings. The van der Waals surface area contributed by atoms with Gasteiger partial charge in [0.1, 0.15) is 5.75 Å². The van der Waals surface area contributed by atoms with Gasteiger partial charge < -0.3 is 24.6 Å². The van der Waals surface area contributed by atoms with Crippen molar-refractivity contribution in [1.82, 2.24) is 4.90 Å². The van der Waals surface area contributed by atoms with E-state index in [1.54, 1.807) is 7.11 Å². The highest BCUT2D eigenvalue weighted by atomic mass is 32.1. The second kappa shape index (κ2) is 12.7. The molecule has 0 amide bonds. The molecule has 1 aliphatic rings. The van der Waals surface area contributed by atoms with Gasteiger partial charge in [0.25, 0.3) is 0 Å². The predicted molar refractivity (Wildman–Crippen MR) is 138 cm³/mol. The number of thiocarbonyl (C=S) groups is 1. The van der Waals surface area contributed by atoms with E-state index in [4.69, 9.17) is 21.7 Å². The third-order valence-corrected chi connectivity index (χ3v) is 6.14. The normalized spacial score (nSPS) is 12.9. The number of nitrogens with one attached hydrogen (secondary N) is 1. The van der Waals surface area contributed by atoms with E-state index in [0.29, 0.717) is 0 Å². The fourth-order valence-corrected chi connectivity index (χ4v) is 4.45. The van der Waals surface area contributed by atoms with Crippen LogP contribution >= 0.6 is 12.2 Å². The molecule has 0 saturated carbocycles. The minimum Gasteiger partial charge on any atom is -0.497 e. The summed E-state index contributed by atoms with van der Waals surface area (Å²) >= 11 is 5.80. The van der Waals surface area contributed by atoms with E-state index < -0.39 is 0 Å². The zero-order chi connectivity index (χ0) is 22.8. The molecule has 0 spiro atoms. The van der Waals surface area contributed by atoms with E-state index in [1.165, 1.54) is 36.2 Å². The number of aryl methyl sites for hydroxylation is 1. The molecule has 0 saturated heterocycles. The van der Waals surface area contributed by atoms with Gasteiger partial charge in [-0.15, -0.1) is 0 Å². The van der Waals surface area contributed by atoms with Crippen molar-refractivity contribution in [3.8, 4) is 5.75 Å². The lowest BCUT2D eigenvalue weighted by Crippen LogP contribution is -2.35. The molecule has 5 nitrogen and oxygen atoms in total. The highest BCUT2D eigenvalue weighted by Gasteiger charge is 2.18. The summed E-state index contributed by atoms with van der Waals surface area (Å²) in [6, 6.07) is 14.8. The monoisotopic (exact) mass is 455 g/mol. The Bertz CT molecular complexity index is 857. The minimum atomic E-state index is 0.733. The molecule has 174 valence electrons. The highest BCUT2D eigenvalue weighted by Crippen LogP contribution is 2.28. The molecule has 32 heavy (non-hydrogen) atoms. The summed E-state index contributed by atoms with van der Waals surface area (Å²) in [7, 11) is 1.67. The Balaban J connectivity index is 1.71. The summed E-state index contributed by atoms with van der Waals surface area (Å²) in [5, 5.41) is 4.13. The third kappa shape index (κ3) is 6.84. The van der Waals surface area contributed by atoms with Gasteiger partial charge in [0, 0.05) is 50.8 Å². The third-order valence-electron chi connectivity index (χ3n) is 5.78. The maximum absolute atomic E-state index is 5.80. The van der Waals surface area contributed by atoms with E-state index in [1.807, 2.05) is 31.2 Å². The van der Waals surface area contributed by atoms with E-state index in [9.17, 15) is 0 Å². The Labute approximate surface area is 198 Å². The first-order valence-corrected chi connectivity index (χ1v) is 12.2. The Morgan fingerprint density at radius 1 is 1.16 bits per heavy atom. The second-order valence-corrected chi connectivity index (χ2v) is 8.57. The summed E-state index contributed by atoms with van der Waals surface area (Å²) < 4.78 is 10.8. The summed E-state index contributed by atoms with van der Waals surface area (Å²) in [5.41, 5.74) is 5.14. The number of ether oxygens (including phenoxy) is 2. The van der Waals surface area contributed by atoms with Gasteiger partial charge in [-0.25, -0.2) is 0 Å². The first-order chi connectivity index (χ1) is 15.6. The standard InChI is InChI=1S/C26H37N3O2S/c1-4-15-28-16-6-8-22-19-21(9-14-25(22)28)20-29(17-7-18-31-5-2)26(32)27-23-10-12-24(30-3)13-11-23/h9-14,19H,4-8,15-18,20H2,1-3H3,(H,27,32). The van der Waals surface area contributed by atoms with Gasteiger partial charge >= 0.3 is 0 Å². The number of hydrogen-bond acceptors (Lipinski definition) is 4. The molecule has 0 fully saturated rings. The number of benzene rings is 2. The van der Waals surface area contributed by atoms with Gasteiger partial charge in [0.05, 0.1) is 7.11 Å². The van der Waals surface area contributed by atoms with Crippen LogP contribution in [0, 0.1) is 0 Å². The minimum absolute atomic E-state index is 0.733. The van der Waals surface area contributed by atoms with Crippen molar-refractivity contribution in [1.29, 1.82) is 0 Å². The molecule has 1 aliphatic heterocycles. The lowest BCUT2D eigenvalue weighted by atomic mass is 9.99. The number of nitrogens with zero attached hydrogens (tertiary/aromatic N) is 2. The van der Waals surface area contributed by atoms with Crippen molar-refractivity contribution >= 4 is 28.7 Å². The number of methoxy groups -OCH3 is 1. The molecule has 0 bridgehead atoms. The fourth-order valence-electron chi connectivity index (χ4n) is 4.18. The van der Waals surface area contributed by atoms with Crippen LogP contribution in [0.25, 0.3) is 0 Å². The number of anilines is 2. The molecular weight excluding hydrogens is 418 g/mol. The quantitative estimate of drug-likeness (QED) is 0.357. The topological polar surface area (TPSA) is 37.0 Å². The van der Waals surface area contributed by atoms with Crippen LogP contribution in [0.3, 0.4) is 0 Å². The van der Waals surface area contributed by atoms with Gasteiger partial charge in [0.2, 0.25) is 0 Å². The van der Waals surface area contributed by atoms with Crippen LogP contribution in [0.15, 0.2) is 42.5 Å². The van der Waals surface area contributed by atoms with Crippen LogP contribution in [-0.4, -0.2) is 50.0 Å². The summed E-state index contributed by atoms with van der Waals surface area (Å²) in [6.07, 6.45) is 4.50. The summed E-state index contributed by atoms with van der Waals surface area (Å²) in [5.74, 6) is 0.834. The molecule has 6 heteroatoms. The smallest absolute Gasteiger partial charge is 0.173 e. The van der Waals surface area contributed by atoms with Crippen molar-refractivity contribution in [3.05, 3.63) is 53.6 Å². The first-order valence-electron chi connectivity index (χ1n) is 11.8. The molecule has 0 unspecified atom stereocenters. The van der Waals surface area contributed by atoms with E-state index in [2.05, 4.69) is 40.2 Å². The molecule has 0 atom stereocenters.